The smallest absolute Gasteiger partial charge is 0.355 e. The summed E-state index contributed by atoms with van der Waals surface area (Å²) in [6.07, 6.45) is -0.375. The van der Waals surface area contributed by atoms with Crippen LogP contribution in [0.15, 0.2) is 91.0 Å². The van der Waals surface area contributed by atoms with Gasteiger partial charge in [-0.05, 0) is 15.9 Å². The van der Waals surface area contributed by atoms with Gasteiger partial charge < -0.3 is 9.47 Å². The van der Waals surface area contributed by atoms with Crippen LogP contribution >= 0.6 is 18.6 Å². The molecule has 7 nitrogen and oxygen atoms in total. The molecule has 190 valence electrons. The minimum atomic E-state index is -2.98. The third-order valence-electron chi connectivity index (χ3n) is 6.03. The first-order chi connectivity index (χ1) is 17.9. The molecule has 0 aliphatic carbocycles. The Morgan fingerprint density at radius 3 is 1.65 bits per heavy atom. The summed E-state index contributed by atoms with van der Waals surface area (Å²) < 4.78 is 9.92. The molecule has 1 saturated heterocycles. The van der Waals surface area contributed by atoms with Crippen molar-refractivity contribution < 1.29 is 28.7 Å². The first-order valence-electron chi connectivity index (χ1n) is 11.5. The molecule has 0 N–H and O–H groups in total. The molecule has 0 saturated carbocycles. The van der Waals surface area contributed by atoms with Crippen LogP contribution < -0.4 is 15.9 Å². The third kappa shape index (κ3) is 5.13. The molecular formula is C28H26NO6PS. The van der Waals surface area contributed by atoms with Gasteiger partial charge in [0.05, 0.1) is 26.0 Å². The van der Waals surface area contributed by atoms with Crippen LogP contribution in [0, 0.1) is 0 Å². The quantitative estimate of drug-likeness (QED) is 0.190. The van der Waals surface area contributed by atoms with Crippen LogP contribution in [-0.4, -0.2) is 52.9 Å². The number of hydrogen-bond donors (Lipinski definition) is 0. The summed E-state index contributed by atoms with van der Waals surface area (Å²) >= 11 is 0.854. The Morgan fingerprint density at radius 2 is 1.27 bits per heavy atom. The number of β-lactam (4-membered cyclic amide) rings is 1. The van der Waals surface area contributed by atoms with Gasteiger partial charge in [0.2, 0.25) is 11.0 Å². The molecule has 1 atom stereocenters. The summed E-state index contributed by atoms with van der Waals surface area (Å²) in [5.74, 6) is -1.61. The van der Waals surface area contributed by atoms with Gasteiger partial charge in [-0.15, -0.1) is 0 Å². The SMILES string of the molecule is COC(=O)CC(=O)S[C@@H]1CC(=O)N1C(C(=O)OC)=P(c1ccccc1)(c1ccccc1)c1ccccc1. The van der Waals surface area contributed by atoms with Crippen molar-refractivity contribution >= 4 is 62.9 Å². The molecule has 3 aromatic rings. The van der Waals surface area contributed by atoms with E-state index in [0.717, 1.165) is 27.7 Å². The molecule has 0 radical (unpaired) electrons. The number of likely N-dealkylation sites (tertiary alicyclic amines) is 1. The first kappa shape index (κ1) is 26.5. The number of methoxy groups -OCH3 is 2. The molecule has 0 spiro atoms. The first-order valence-corrected chi connectivity index (χ1v) is 14.2. The van der Waals surface area contributed by atoms with Crippen molar-refractivity contribution in [2.75, 3.05) is 14.2 Å². The lowest BCUT2D eigenvalue weighted by Gasteiger charge is -2.44. The number of benzene rings is 3. The van der Waals surface area contributed by atoms with Crippen molar-refractivity contribution in [3.05, 3.63) is 91.0 Å². The highest BCUT2D eigenvalue weighted by molar-refractivity contribution is 8.14. The van der Waals surface area contributed by atoms with Crippen LogP contribution in [0.3, 0.4) is 0 Å². The van der Waals surface area contributed by atoms with Gasteiger partial charge in [-0.2, -0.15) is 0 Å². The summed E-state index contributed by atoms with van der Waals surface area (Å²) in [5, 5.41) is 1.47. The molecule has 37 heavy (non-hydrogen) atoms. The number of hydrogen-bond acceptors (Lipinski definition) is 7. The average molecular weight is 536 g/mol. The summed E-state index contributed by atoms with van der Waals surface area (Å²) in [7, 11) is 2.49. The Hall–Kier alpha value is -3.61. The molecule has 4 rings (SSSR count). The number of esters is 2. The second-order valence-electron chi connectivity index (χ2n) is 8.16. The fourth-order valence-electron chi connectivity index (χ4n) is 4.38. The Balaban J connectivity index is 2.05. The predicted molar refractivity (Wildman–Crippen MR) is 147 cm³/mol. The molecule has 1 heterocycles. The highest BCUT2D eigenvalue weighted by Gasteiger charge is 2.48. The Labute approximate surface area is 219 Å². The fraction of sp³-hybridized carbons (Fsp3) is 0.179. The highest BCUT2D eigenvalue weighted by Crippen LogP contribution is 2.49. The molecular weight excluding hydrogens is 509 g/mol. The number of nitrogens with zero attached hydrogens (tertiary/aromatic N) is 1. The number of amides is 1. The van der Waals surface area contributed by atoms with Crippen molar-refractivity contribution in [2.45, 2.75) is 18.2 Å². The largest absolute Gasteiger partial charge is 0.469 e. The normalized spacial score (nSPS) is 14.9. The molecule has 1 fully saturated rings. The minimum absolute atomic E-state index is 0.0520. The van der Waals surface area contributed by atoms with Gasteiger partial charge in [0.1, 0.15) is 11.8 Å². The maximum Gasteiger partial charge on any atom is 0.355 e. The molecule has 1 aliphatic rings. The van der Waals surface area contributed by atoms with Gasteiger partial charge in [-0.3, -0.25) is 19.3 Å². The van der Waals surface area contributed by atoms with E-state index in [1.807, 2.05) is 91.0 Å². The lowest BCUT2D eigenvalue weighted by atomic mass is 10.2. The van der Waals surface area contributed by atoms with Gasteiger partial charge in [0, 0.05) is 6.89 Å². The Morgan fingerprint density at radius 1 is 0.811 bits per heavy atom. The molecule has 0 aromatic heterocycles. The van der Waals surface area contributed by atoms with Crippen LogP contribution in [0.4, 0.5) is 0 Å². The van der Waals surface area contributed by atoms with E-state index in [2.05, 4.69) is 4.74 Å². The van der Waals surface area contributed by atoms with Crippen LogP contribution in [0.5, 0.6) is 0 Å². The van der Waals surface area contributed by atoms with Crippen molar-refractivity contribution in [3.63, 3.8) is 0 Å². The highest BCUT2D eigenvalue weighted by atomic mass is 32.2. The van der Waals surface area contributed by atoms with Crippen molar-refractivity contribution in [2.24, 2.45) is 0 Å². The Bertz CT molecular complexity index is 1260. The van der Waals surface area contributed by atoms with Gasteiger partial charge >= 0.3 is 11.9 Å². The van der Waals surface area contributed by atoms with E-state index in [1.54, 1.807) is 0 Å². The van der Waals surface area contributed by atoms with Crippen LogP contribution in [-0.2, 0) is 28.7 Å². The second kappa shape index (κ2) is 11.6. The maximum atomic E-state index is 13.7. The minimum Gasteiger partial charge on any atom is -0.469 e. The van der Waals surface area contributed by atoms with E-state index in [0.29, 0.717) is 0 Å². The summed E-state index contributed by atoms with van der Waals surface area (Å²) in [5.41, 5.74) is 0.193. The zero-order chi connectivity index (χ0) is 26.4. The molecule has 3 aromatic carbocycles. The van der Waals surface area contributed by atoms with Gasteiger partial charge in [0.25, 0.3) is 0 Å². The fourth-order valence-corrected chi connectivity index (χ4v) is 9.94. The van der Waals surface area contributed by atoms with E-state index in [4.69, 9.17) is 4.74 Å². The standard InChI is InChI=1S/C28H26NO6PS/c1-34-25(31)19-26(32)37-24-18-23(30)29(24)27(28(33)35-2)36(20-12-6-3-7-13-20,21-14-8-4-9-15-21)22-16-10-5-11-17-22/h3-17,24H,18-19H2,1-2H3/t24-/m1/s1. The van der Waals surface area contributed by atoms with Crippen molar-refractivity contribution in [1.82, 2.24) is 4.90 Å². The van der Waals surface area contributed by atoms with E-state index in [1.165, 1.54) is 19.1 Å². The van der Waals surface area contributed by atoms with Crippen LogP contribution in [0.2, 0.25) is 0 Å². The third-order valence-corrected chi connectivity index (χ3v) is 11.3. The zero-order valence-electron chi connectivity index (χ0n) is 20.4. The molecule has 9 heteroatoms. The lowest BCUT2D eigenvalue weighted by Crippen LogP contribution is -2.58. The molecule has 1 aliphatic heterocycles. The van der Waals surface area contributed by atoms with Gasteiger partial charge in [0.15, 0.2) is 0 Å². The van der Waals surface area contributed by atoms with Crippen LogP contribution in [0.25, 0.3) is 0 Å². The van der Waals surface area contributed by atoms with E-state index >= 15 is 0 Å². The van der Waals surface area contributed by atoms with Crippen molar-refractivity contribution in [1.29, 1.82) is 0 Å². The van der Waals surface area contributed by atoms with Crippen LogP contribution in [0.1, 0.15) is 12.8 Å². The number of carbonyl (C=O) groups excluding carboxylic acids is 4. The number of thioether (sulfide) groups is 1. The van der Waals surface area contributed by atoms with Gasteiger partial charge in [-0.25, -0.2) is 4.79 Å². The number of rotatable bonds is 8. The summed E-state index contributed by atoms with van der Waals surface area (Å²) in [6.45, 7) is -2.98. The zero-order valence-corrected chi connectivity index (χ0v) is 22.1. The summed E-state index contributed by atoms with van der Waals surface area (Å²) in [6, 6.07) is 28.8. The molecule has 0 unspecified atom stereocenters. The maximum absolute atomic E-state index is 13.7. The van der Waals surface area contributed by atoms with E-state index in [9.17, 15) is 19.2 Å². The predicted octanol–water partition coefficient (Wildman–Crippen LogP) is 2.66. The number of carbonyl (C=O) groups is 4. The lowest BCUT2D eigenvalue weighted by molar-refractivity contribution is -0.142. The second-order valence-corrected chi connectivity index (χ2v) is 12.7. The van der Waals surface area contributed by atoms with E-state index < -0.39 is 35.7 Å². The van der Waals surface area contributed by atoms with Crippen molar-refractivity contribution in [3.8, 4) is 0 Å². The van der Waals surface area contributed by atoms with E-state index in [-0.39, 0.29) is 17.7 Å². The molecule has 0 bridgehead atoms. The van der Waals surface area contributed by atoms with Gasteiger partial charge in [-0.1, -0.05) is 103 Å². The average Bonchev–Trinajstić information content (AvgIpc) is 2.93. The molecule has 1 amide bonds. The number of ether oxygens (including phenoxy) is 2. The summed E-state index contributed by atoms with van der Waals surface area (Å²) in [4.78, 5) is 52.6. The monoisotopic (exact) mass is 535 g/mol. The Kier molecular flexibility index (Phi) is 8.31. The topological polar surface area (TPSA) is 90.0 Å².